The lowest BCUT2D eigenvalue weighted by Crippen LogP contribution is -2.36. The summed E-state index contributed by atoms with van der Waals surface area (Å²) >= 11 is 1.22. The van der Waals surface area contributed by atoms with Crippen LogP contribution in [0.1, 0.15) is 11.8 Å². The van der Waals surface area contributed by atoms with Crippen molar-refractivity contribution in [2.24, 2.45) is 0 Å². The van der Waals surface area contributed by atoms with E-state index in [1.165, 1.54) is 17.4 Å². The van der Waals surface area contributed by atoms with E-state index in [9.17, 15) is 8.42 Å². The molecule has 2 N–H and O–H groups in total. The van der Waals surface area contributed by atoms with E-state index in [1.54, 1.807) is 35.4 Å². The summed E-state index contributed by atoms with van der Waals surface area (Å²) in [7, 11) is -3.60. The van der Waals surface area contributed by atoms with E-state index in [4.69, 9.17) is 5.11 Å². The monoisotopic (exact) mass is 301 g/mol. The first-order valence-corrected chi connectivity index (χ1v) is 8.06. The van der Waals surface area contributed by atoms with E-state index in [-0.39, 0.29) is 17.5 Å². The van der Waals surface area contributed by atoms with Gasteiger partial charge in [0.15, 0.2) is 0 Å². The van der Waals surface area contributed by atoms with Gasteiger partial charge in [0.2, 0.25) is 10.0 Å². The molecule has 0 aliphatic rings. The molecule has 2 heterocycles. The molecule has 1 atom stereocenters. The molecule has 2 aromatic heterocycles. The molecular weight excluding hydrogens is 286 g/mol. The summed E-state index contributed by atoms with van der Waals surface area (Å²) in [5.74, 6) is 0. The van der Waals surface area contributed by atoms with Crippen LogP contribution in [0.25, 0.3) is 0 Å². The maximum Gasteiger partial charge on any atom is 0.242 e. The molecule has 1 unspecified atom stereocenters. The Morgan fingerprint density at radius 1 is 1.58 bits per heavy atom. The summed E-state index contributed by atoms with van der Waals surface area (Å²) in [4.78, 5) is 0.589. The number of hydrogen-bond donors (Lipinski definition) is 2. The molecule has 19 heavy (non-hydrogen) atoms. The van der Waals surface area contributed by atoms with E-state index < -0.39 is 10.0 Å². The van der Waals surface area contributed by atoms with Crippen molar-refractivity contribution in [3.05, 3.63) is 34.8 Å². The molecule has 0 saturated heterocycles. The number of nitrogens with zero attached hydrogens (tertiary/aromatic N) is 2. The molecule has 6 nitrogen and oxygen atoms in total. The molecule has 104 valence electrons. The highest BCUT2D eigenvalue weighted by atomic mass is 32.2. The second kappa shape index (κ2) is 5.83. The number of sulfonamides is 1. The summed E-state index contributed by atoms with van der Waals surface area (Å²) in [5.41, 5.74) is 0. The first kappa shape index (κ1) is 14.2. The SMILES string of the molecule is CC(Cn1cccn1)NS(=O)(=O)c1ccsc1CO. The second-order valence-corrected chi connectivity index (χ2v) is 6.80. The summed E-state index contributed by atoms with van der Waals surface area (Å²) < 4.78 is 28.6. The van der Waals surface area contributed by atoms with Crippen molar-refractivity contribution in [3.8, 4) is 0 Å². The van der Waals surface area contributed by atoms with Crippen molar-refractivity contribution >= 4 is 21.4 Å². The lowest BCUT2D eigenvalue weighted by molar-refractivity contribution is 0.282. The minimum absolute atomic E-state index is 0.146. The third-order valence-corrected chi connectivity index (χ3v) is 5.22. The van der Waals surface area contributed by atoms with Crippen LogP contribution < -0.4 is 4.72 Å². The van der Waals surface area contributed by atoms with Crippen LogP contribution in [-0.2, 0) is 23.2 Å². The standard InChI is InChI=1S/C11H15N3O3S2/c1-9(7-14-5-2-4-12-14)13-19(16,17)11-3-6-18-10(11)8-15/h2-6,9,13,15H,7-8H2,1H3. The predicted octanol–water partition coefficient (Wildman–Crippen LogP) is 0.804. The molecule has 0 radical (unpaired) electrons. The number of rotatable bonds is 6. The molecule has 0 bridgehead atoms. The minimum atomic E-state index is -3.60. The van der Waals surface area contributed by atoms with Gasteiger partial charge in [-0.25, -0.2) is 13.1 Å². The Morgan fingerprint density at radius 2 is 2.37 bits per heavy atom. The maximum absolute atomic E-state index is 12.2. The van der Waals surface area contributed by atoms with Gasteiger partial charge in [-0.15, -0.1) is 11.3 Å². The lowest BCUT2D eigenvalue weighted by Gasteiger charge is -2.14. The van der Waals surface area contributed by atoms with Gasteiger partial charge in [0.1, 0.15) is 0 Å². The third kappa shape index (κ3) is 3.41. The van der Waals surface area contributed by atoms with Gasteiger partial charge in [0, 0.05) is 23.3 Å². The quantitative estimate of drug-likeness (QED) is 0.827. The molecule has 0 fully saturated rings. The van der Waals surface area contributed by atoms with E-state index >= 15 is 0 Å². The summed E-state index contributed by atoms with van der Waals surface area (Å²) in [6, 6.07) is 2.99. The molecule has 0 amide bonds. The first-order chi connectivity index (χ1) is 9.03. The number of hydrogen-bond acceptors (Lipinski definition) is 5. The largest absolute Gasteiger partial charge is 0.391 e. The Morgan fingerprint density at radius 3 is 3.00 bits per heavy atom. The van der Waals surface area contributed by atoms with Gasteiger partial charge >= 0.3 is 0 Å². The fraction of sp³-hybridized carbons (Fsp3) is 0.364. The first-order valence-electron chi connectivity index (χ1n) is 5.70. The summed E-state index contributed by atoms with van der Waals surface area (Å²) in [6.45, 7) is 1.94. The fourth-order valence-corrected chi connectivity index (χ4v) is 4.27. The molecule has 0 aromatic carbocycles. The summed E-state index contributed by atoms with van der Waals surface area (Å²) in [5, 5.41) is 14.8. The van der Waals surface area contributed by atoms with E-state index in [1.807, 2.05) is 0 Å². The lowest BCUT2D eigenvalue weighted by atomic mass is 10.4. The predicted molar refractivity (Wildman–Crippen MR) is 72.3 cm³/mol. The highest BCUT2D eigenvalue weighted by Gasteiger charge is 2.21. The second-order valence-electron chi connectivity index (χ2n) is 4.12. The van der Waals surface area contributed by atoms with Crippen LogP contribution in [0.15, 0.2) is 34.8 Å². The minimum Gasteiger partial charge on any atom is -0.391 e. The van der Waals surface area contributed by atoms with Crippen molar-refractivity contribution in [1.82, 2.24) is 14.5 Å². The average Bonchev–Trinajstić information content (AvgIpc) is 2.97. The van der Waals surface area contributed by atoms with Crippen LogP contribution in [0.2, 0.25) is 0 Å². The third-order valence-electron chi connectivity index (χ3n) is 2.51. The number of aliphatic hydroxyl groups is 1. The number of aliphatic hydroxyl groups excluding tert-OH is 1. The van der Waals surface area contributed by atoms with Crippen LogP contribution >= 0.6 is 11.3 Å². The van der Waals surface area contributed by atoms with Gasteiger partial charge in [0.05, 0.1) is 18.0 Å². The van der Waals surface area contributed by atoms with Gasteiger partial charge < -0.3 is 5.11 Å². The summed E-state index contributed by atoms with van der Waals surface area (Å²) in [6.07, 6.45) is 3.42. The van der Waals surface area contributed by atoms with Crippen LogP contribution in [-0.4, -0.2) is 29.3 Å². The van der Waals surface area contributed by atoms with E-state index in [2.05, 4.69) is 9.82 Å². The molecule has 2 rings (SSSR count). The van der Waals surface area contributed by atoms with Crippen LogP contribution in [0, 0.1) is 0 Å². The van der Waals surface area contributed by atoms with Crippen LogP contribution in [0.5, 0.6) is 0 Å². The zero-order valence-corrected chi connectivity index (χ0v) is 12.0. The van der Waals surface area contributed by atoms with Crippen molar-refractivity contribution in [3.63, 3.8) is 0 Å². The molecular formula is C11H15N3O3S2. The zero-order chi connectivity index (χ0) is 13.9. The molecule has 0 aliphatic heterocycles. The Balaban J connectivity index is 2.09. The van der Waals surface area contributed by atoms with Gasteiger partial charge in [0.25, 0.3) is 0 Å². The average molecular weight is 301 g/mol. The normalized spacial score (nSPS) is 13.6. The van der Waals surface area contributed by atoms with E-state index in [0.29, 0.717) is 11.4 Å². The van der Waals surface area contributed by atoms with Crippen molar-refractivity contribution < 1.29 is 13.5 Å². The van der Waals surface area contributed by atoms with Gasteiger partial charge in [-0.2, -0.15) is 5.10 Å². The highest BCUT2D eigenvalue weighted by molar-refractivity contribution is 7.89. The van der Waals surface area contributed by atoms with Crippen molar-refractivity contribution in [2.75, 3.05) is 0 Å². The molecule has 0 spiro atoms. The van der Waals surface area contributed by atoms with Crippen molar-refractivity contribution in [2.45, 2.75) is 31.0 Å². The maximum atomic E-state index is 12.2. The number of aromatic nitrogens is 2. The van der Waals surface area contributed by atoms with Gasteiger partial charge in [-0.05, 0) is 24.4 Å². The molecule has 8 heteroatoms. The Kier molecular flexibility index (Phi) is 4.35. The van der Waals surface area contributed by atoms with Gasteiger partial charge in [-0.3, -0.25) is 4.68 Å². The number of nitrogens with one attached hydrogen (secondary N) is 1. The molecule has 0 aliphatic carbocycles. The Labute approximate surface area is 115 Å². The molecule has 0 saturated carbocycles. The zero-order valence-electron chi connectivity index (χ0n) is 10.4. The number of thiophene rings is 1. The van der Waals surface area contributed by atoms with Crippen LogP contribution in [0.4, 0.5) is 0 Å². The topological polar surface area (TPSA) is 84.2 Å². The smallest absolute Gasteiger partial charge is 0.242 e. The highest BCUT2D eigenvalue weighted by Crippen LogP contribution is 2.21. The Bertz CT molecular complexity index is 619. The fourth-order valence-electron chi connectivity index (χ4n) is 1.74. The van der Waals surface area contributed by atoms with Crippen molar-refractivity contribution in [1.29, 1.82) is 0 Å². The van der Waals surface area contributed by atoms with Gasteiger partial charge in [-0.1, -0.05) is 0 Å². The Hall–Kier alpha value is -1.22. The van der Waals surface area contributed by atoms with E-state index in [0.717, 1.165) is 0 Å². The van der Waals surface area contributed by atoms with Crippen LogP contribution in [0.3, 0.4) is 0 Å². The molecule has 2 aromatic rings.